The van der Waals surface area contributed by atoms with Crippen LogP contribution in [0.15, 0.2) is 12.3 Å². The van der Waals surface area contributed by atoms with Gasteiger partial charge in [0.05, 0.1) is 6.26 Å². The summed E-state index contributed by atoms with van der Waals surface area (Å²) in [4.78, 5) is 0. The molecule has 15 heavy (non-hydrogen) atoms. The molecule has 0 saturated carbocycles. The van der Waals surface area contributed by atoms with Gasteiger partial charge in [-0.05, 0) is 19.3 Å². The number of unbranched alkanes of at least 4 members (excludes halogenated alkanes) is 9. The molecule has 0 radical (unpaired) electrons. The average molecular weight is 214 g/mol. The van der Waals surface area contributed by atoms with E-state index >= 15 is 0 Å². The van der Waals surface area contributed by atoms with E-state index in [1.165, 1.54) is 51.4 Å². The first-order valence-corrected chi connectivity index (χ1v) is 6.32. The summed E-state index contributed by atoms with van der Waals surface area (Å²) in [5.74, 6) is 0. The Morgan fingerprint density at radius 1 is 0.667 bits per heavy atom. The fourth-order valence-corrected chi connectivity index (χ4v) is 1.69. The van der Waals surface area contributed by atoms with Gasteiger partial charge in [-0.1, -0.05) is 51.0 Å². The van der Waals surface area contributed by atoms with Gasteiger partial charge in [-0.15, -0.1) is 0 Å². The zero-order valence-corrected chi connectivity index (χ0v) is 9.83. The summed E-state index contributed by atoms with van der Waals surface area (Å²) in [6, 6.07) is 0. The molecule has 0 rings (SSSR count). The van der Waals surface area contributed by atoms with Gasteiger partial charge in [-0.2, -0.15) is 0 Å². The summed E-state index contributed by atoms with van der Waals surface area (Å²) >= 11 is 0. The van der Waals surface area contributed by atoms with E-state index in [4.69, 9.17) is 10.2 Å². The highest BCUT2D eigenvalue weighted by molar-refractivity contribution is 4.70. The predicted octanol–water partition coefficient (Wildman–Crippen LogP) is 3.95. The molecule has 0 aliphatic heterocycles. The molecule has 2 heteroatoms. The van der Waals surface area contributed by atoms with E-state index in [0.29, 0.717) is 6.61 Å². The van der Waals surface area contributed by atoms with Gasteiger partial charge in [0.1, 0.15) is 0 Å². The van der Waals surface area contributed by atoms with Gasteiger partial charge >= 0.3 is 0 Å². The number of aliphatic hydroxyl groups is 2. The van der Waals surface area contributed by atoms with Crippen LogP contribution in [0.2, 0.25) is 0 Å². The van der Waals surface area contributed by atoms with Crippen molar-refractivity contribution >= 4 is 0 Å². The lowest BCUT2D eigenvalue weighted by Gasteiger charge is -2.00. The van der Waals surface area contributed by atoms with Crippen LogP contribution < -0.4 is 0 Å². The molecule has 0 fully saturated rings. The monoisotopic (exact) mass is 214 g/mol. The van der Waals surface area contributed by atoms with Crippen molar-refractivity contribution in [3.05, 3.63) is 12.3 Å². The molecule has 90 valence electrons. The first-order chi connectivity index (χ1) is 7.41. The van der Waals surface area contributed by atoms with Crippen LogP contribution in [0.25, 0.3) is 0 Å². The minimum absolute atomic E-state index is 0.346. The lowest BCUT2D eigenvalue weighted by molar-refractivity contribution is 0.282. The Balaban J connectivity index is 2.86. The summed E-state index contributed by atoms with van der Waals surface area (Å²) in [5.41, 5.74) is 0. The molecule has 2 N–H and O–H groups in total. The van der Waals surface area contributed by atoms with Gasteiger partial charge in [0.25, 0.3) is 0 Å². The Kier molecular flexibility index (Phi) is 13.1. The average Bonchev–Trinajstić information content (AvgIpc) is 2.26. The maximum atomic E-state index is 8.59. The van der Waals surface area contributed by atoms with Crippen molar-refractivity contribution in [3.8, 4) is 0 Å². The summed E-state index contributed by atoms with van der Waals surface area (Å²) < 4.78 is 0. The molecular weight excluding hydrogens is 188 g/mol. The van der Waals surface area contributed by atoms with Crippen LogP contribution in [-0.2, 0) is 0 Å². The van der Waals surface area contributed by atoms with Crippen molar-refractivity contribution in [2.75, 3.05) is 6.61 Å². The van der Waals surface area contributed by atoms with Crippen LogP contribution in [0, 0.1) is 0 Å². The fraction of sp³-hybridized carbons (Fsp3) is 0.846. The minimum atomic E-state index is 0.346. The van der Waals surface area contributed by atoms with Crippen LogP contribution in [0.3, 0.4) is 0 Å². The van der Waals surface area contributed by atoms with Gasteiger partial charge in [0.15, 0.2) is 0 Å². The molecule has 0 saturated heterocycles. The Bertz CT molecular complexity index is 132. The van der Waals surface area contributed by atoms with Crippen LogP contribution in [0.5, 0.6) is 0 Å². The molecule has 0 aliphatic rings. The second kappa shape index (κ2) is 13.5. The van der Waals surface area contributed by atoms with Crippen molar-refractivity contribution in [1.82, 2.24) is 0 Å². The molecule has 2 nitrogen and oxygen atoms in total. The van der Waals surface area contributed by atoms with Crippen molar-refractivity contribution < 1.29 is 10.2 Å². The van der Waals surface area contributed by atoms with Gasteiger partial charge in [-0.3, -0.25) is 0 Å². The number of hydrogen-bond donors (Lipinski definition) is 2. The number of aliphatic hydroxyl groups excluding tert-OH is 2. The van der Waals surface area contributed by atoms with E-state index in [1.54, 1.807) is 0 Å². The van der Waals surface area contributed by atoms with E-state index in [0.717, 1.165) is 19.1 Å². The Morgan fingerprint density at radius 3 is 1.60 bits per heavy atom. The Morgan fingerprint density at radius 2 is 1.13 bits per heavy atom. The van der Waals surface area contributed by atoms with Gasteiger partial charge < -0.3 is 10.2 Å². The summed E-state index contributed by atoms with van der Waals surface area (Å²) in [7, 11) is 0. The smallest absolute Gasteiger partial charge is 0.0751 e. The summed E-state index contributed by atoms with van der Waals surface area (Å²) in [6.45, 7) is 0.346. The third kappa shape index (κ3) is 13.5. The maximum absolute atomic E-state index is 8.59. The highest BCUT2D eigenvalue weighted by atomic mass is 16.3. The molecular formula is C13H26O2. The standard InChI is InChI=1S/C13H26O2/c14-12-10-8-6-4-2-1-3-5-7-9-11-13-15/h10,12,14-15H,1-9,11,13H2. The zero-order chi connectivity index (χ0) is 11.2. The molecule has 0 heterocycles. The van der Waals surface area contributed by atoms with Gasteiger partial charge in [-0.25, -0.2) is 0 Å². The second-order valence-corrected chi connectivity index (χ2v) is 4.08. The van der Waals surface area contributed by atoms with Crippen molar-refractivity contribution in [2.24, 2.45) is 0 Å². The van der Waals surface area contributed by atoms with E-state index in [9.17, 15) is 0 Å². The molecule has 0 aromatic rings. The number of rotatable bonds is 11. The normalized spacial score (nSPS) is 11.3. The summed E-state index contributed by atoms with van der Waals surface area (Å²) in [6.07, 6.45) is 15.2. The van der Waals surface area contributed by atoms with E-state index in [-0.39, 0.29) is 0 Å². The Hall–Kier alpha value is -0.500. The lowest BCUT2D eigenvalue weighted by atomic mass is 10.1. The Labute approximate surface area is 94.0 Å². The lowest BCUT2D eigenvalue weighted by Crippen LogP contribution is -1.84. The van der Waals surface area contributed by atoms with E-state index < -0.39 is 0 Å². The third-order valence-corrected chi connectivity index (χ3v) is 2.63. The molecule has 0 spiro atoms. The fourth-order valence-electron chi connectivity index (χ4n) is 1.69. The van der Waals surface area contributed by atoms with Crippen LogP contribution in [0.1, 0.15) is 64.2 Å². The highest BCUT2D eigenvalue weighted by Gasteiger charge is 1.91. The largest absolute Gasteiger partial charge is 0.516 e. The molecule has 0 bridgehead atoms. The molecule has 0 aliphatic carbocycles. The molecule has 0 amide bonds. The maximum Gasteiger partial charge on any atom is 0.0751 e. The first-order valence-electron chi connectivity index (χ1n) is 6.32. The number of hydrogen-bond acceptors (Lipinski definition) is 2. The molecule has 0 aromatic carbocycles. The third-order valence-electron chi connectivity index (χ3n) is 2.63. The van der Waals surface area contributed by atoms with Gasteiger partial charge in [0, 0.05) is 6.61 Å². The van der Waals surface area contributed by atoms with Crippen LogP contribution >= 0.6 is 0 Å². The first kappa shape index (κ1) is 14.5. The summed E-state index contributed by atoms with van der Waals surface area (Å²) in [5, 5.41) is 17.0. The minimum Gasteiger partial charge on any atom is -0.516 e. The second-order valence-electron chi connectivity index (χ2n) is 4.08. The molecule has 0 unspecified atom stereocenters. The van der Waals surface area contributed by atoms with Crippen molar-refractivity contribution in [1.29, 1.82) is 0 Å². The van der Waals surface area contributed by atoms with Crippen LogP contribution in [-0.4, -0.2) is 16.8 Å². The highest BCUT2D eigenvalue weighted by Crippen LogP contribution is 2.10. The molecule has 0 aromatic heterocycles. The van der Waals surface area contributed by atoms with Crippen LogP contribution in [0.4, 0.5) is 0 Å². The van der Waals surface area contributed by atoms with Crippen molar-refractivity contribution in [3.63, 3.8) is 0 Å². The van der Waals surface area contributed by atoms with E-state index in [2.05, 4.69) is 0 Å². The number of allylic oxidation sites excluding steroid dienone is 1. The quantitative estimate of drug-likeness (QED) is 0.404. The van der Waals surface area contributed by atoms with Gasteiger partial charge in [0.2, 0.25) is 0 Å². The molecule has 0 atom stereocenters. The van der Waals surface area contributed by atoms with Crippen molar-refractivity contribution in [2.45, 2.75) is 64.2 Å². The predicted molar refractivity (Wildman–Crippen MR) is 65.0 cm³/mol. The van der Waals surface area contributed by atoms with E-state index in [1.807, 2.05) is 6.08 Å². The SMILES string of the molecule is OC=CCCCCCCCCCCCO. The zero-order valence-electron chi connectivity index (χ0n) is 9.83. The topological polar surface area (TPSA) is 40.5 Å².